The number of rotatable bonds is 9. The number of nitrogens with one attached hydrogen (secondary N) is 1. The number of unbranched alkanes of at least 4 members (excludes halogenated alkanes) is 1. The van der Waals surface area contributed by atoms with Crippen molar-refractivity contribution in [1.29, 1.82) is 0 Å². The van der Waals surface area contributed by atoms with E-state index in [0.29, 0.717) is 58.2 Å². The van der Waals surface area contributed by atoms with Gasteiger partial charge in [-0.15, -0.1) is 0 Å². The van der Waals surface area contributed by atoms with Crippen LogP contribution >= 0.6 is 0 Å². The summed E-state index contributed by atoms with van der Waals surface area (Å²) in [4.78, 5) is 33.7. The molecule has 0 aliphatic carbocycles. The van der Waals surface area contributed by atoms with Crippen LogP contribution in [0.15, 0.2) is 78.9 Å². The number of fused-ring (bicyclic) bond motifs is 2. The van der Waals surface area contributed by atoms with E-state index < -0.39 is 5.97 Å². The molecule has 0 saturated heterocycles. The Labute approximate surface area is 229 Å². The van der Waals surface area contributed by atoms with Crippen molar-refractivity contribution in [2.24, 2.45) is 0 Å². The molecular formula is C32H27F2N3O3. The number of hydrogen-bond donors (Lipinski definition) is 2. The minimum absolute atomic E-state index is 0.0543. The number of carboxylic acid groups (broad SMARTS) is 1. The first-order chi connectivity index (χ1) is 19.3. The van der Waals surface area contributed by atoms with E-state index in [2.05, 4.69) is 5.32 Å². The van der Waals surface area contributed by atoms with Crippen molar-refractivity contribution >= 4 is 33.7 Å². The summed E-state index contributed by atoms with van der Waals surface area (Å²) >= 11 is 0. The maximum atomic E-state index is 14.3. The number of aliphatic carboxylic acids is 1. The van der Waals surface area contributed by atoms with Crippen LogP contribution in [0, 0.1) is 11.6 Å². The van der Waals surface area contributed by atoms with E-state index in [1.165, 1.54) is 18.2 Å². The zero-order valence-electron chi connectivity index (χ0n) is 21.8. The van der Waals surface area contributed by atoms with E-state index in [1.54, 1.807) is 48.5 Å². The van der Waals surface area contributed by atoms with Crippen molar-refractivity contribution in [3.05, 3.63) is 107 Å². The zero-order valence-corrected chi connectivity index (χ0v) is 21.8. The number of nitrogens with zero attached hydrogens (tertiary/aromatic N) is 2. The number of amides is 1. The standard InChI is InChI=1S/C32H27F2N3O3/c1-19(23-15-16-26(34)25-7-3-2-6-24(23)25)35-32(40)21-12-17-27-29(18-21)36-28(8-4-5-9-30(38)39)31(37-27)20-10-13-22(33)14-11-20/h2-3,6-7,10-19H,4-5,8-9H2,1H3,(H,35,40)(H,38,39). The molecule has 8 heteroatoms. The molecule has 1 atom stereocenters. The third-order valence-electron chi connectivity index (χ3n) is 6.89. The molecule has 1 unspecified atom stereocenters. The number of carboxylic acids is 1. The van der Waals surface area contributed by atoms with Gasteiger partial charge in [-0.3, -0.25) is 9.59 Å². The van der Waals surface area contributed by atoms with Crippen molar-refractivity contribution in [3.63, 3.8) is 0 Å². The first kappa shape index (κ1) is 26.9. The molecule has 0 aliphatic heterocycles. The highest BCUT2D eigenvalue weighted by Crippen LogP contribution is 2.28. The molecule has 0 aliphatic rings. The van der Waals surface area contributed by atoms with Crippen molar-refractivity contribution < 1.29 is 23.5 Å². The maximum Gasteiger partial charge on any atom is 0.303 e. The number of carbonyl (C=O) groups excluding carboxylic acids is 1. The second kappa shape index (κ2) is 11.6. The summed E-state index contributed by atoms with van der Waals surface area (Å²) in [5.41, 5.74) is 4.23. The van der Waals surface area contributed by atoms with Crippen LogP contribution in [0.25, 0.3) is 33.1 Å². The Balaban J connectivity index is 1.44. The molecule has 5 rings (SSSR count). The molecule has 0 fully saturated rings. The zero-order chi connectivity index (χ0) is 28.2. The van der Waals surface area contributed by atoms with Gasteiger partial charge in [0.15, 0.2) is 0 Å². The normalized spacial score (nSPS) is 12.0. The predicted molar refractivity (Wildman–Crippen MR) is 150 cm³/mol. The van der Waals surface area contributed by atoms with Crippen molar-refractivity contribution in [1.82, 2.24) is 15.3 Å². The highest BCUT2D eigenvalue weighted by Gasteiger charge is 2.17. The molecule has 0 saturated carbocycles. The lowest BCUT2D eigenvalue weighted by molar-refractivity contribution is -0.137. The average molecular weight is 540 g/mol. The molecule has 0 bridgehead atoms. The summed E-state index contributed by atoms with van der Waals surface area (Å²) in [7, 11) is 0. The highest BCUT2D eigenvalue weighted by atomic mass is 19.1. The molecule has 5 aromatic rings. The second-order valence-corrected chi connectivity index (χ2v) is 9.71. The average Bonchev–Trinajstić information content (AvgIpc) is 2.95. The minimum atomic E-state index is -0.859. The third kappa shape index (κ3) is 5.81. The largest absolute Gasteiger partial charge is 0.481 e. The summed E-state index contributed by atoms with van der Waals surface area (Å²) in [6.07, 6.45) is 1.60. The van der Waals surface area contributed by atoms with E-state index in [4.69, 9.17) is 15.1 Å². The Morgan fingerprint density at radius 1 is 0.875 bits per heavy atom. The topological polar surface area (TPSA) is 92.2 Å². The lowest BCUT2D eigenvalue weighted by Gasteiger charge is -2.17. The number of carbonyl (C=O) groups is 2. The number of halogens is 2. The van der Waals surface area contributed by atoms with Crippen molar-refractivity contribution in [2.75, 3.05) is 0 Å². The first-order valence-electron chi connectivity index (χ1n) is 13.1. The van der Waals surface area contributed by atoms with Gasteiger partial charge in [-0.25, -0.2) is 18.7 Å². The van der Waals surface area contributed by atoms with Gasteiger partial charge in [0.25, 0.3) is 5.91 Å². The molecule has 202 valence electrons. The molecule has 0 radical (unpaired) electrons. The van der Waals surface area contributed by atoms with Crippen LogP contribution in [0.2, 0.25) is 0 Å². The Bertz CT molecular complexity index is 1720. The fraction of sp³-hybridized carbons (Fsp3) is 0.188. The van der Waals surface area contributed by atoms with E-state index in [-0.39, 0.29) is 30.0 Å². The van der Waals surface area contributed by atoms with Gasteiger partial charge in [-0.05, 0) is 85.7 Å². The fourth-order valence-corrected chi connectivity index (χ4v) is 4.83. The summed E-state index contributed by atoms with van der Waals surface area (Å²) in [5.74, 6) is -1.85. The van der Waals surface area contributed by atoms with Crippen LogP contribution in [0.5, 0.6) is 0 Å². The second-order valence-electron chi connectivity index (χ2n) is 9.71. The third-order valence-corrected chi connectivity index (χ3v) is 6.89. The van der Waals surface area contributed by atoms with Gasteiger partial charge in [-0.1, -0.05) is 30.3 Å². The van der Waals surface area contributed by atoms with Crippen LogP contribution in [0.3, 0.4) is 0 Å². The Morgan fingerprint density at radius 3 is 2.38 bits per heavy atom. The molecule has 1 aromatic heterocycles. The number of aryl methyl sites for hydroxylation is 1. The molecule has 1 heterocycles. The van der Waals surface area contributed by atoms with Crippen molar-refractivity contribution in [3.8, 4) is 11.3 Å². The van der Waals surface area contributed by atoms with Gasteiger partial charge < -0.3 is 10.4 Å². The molecule has 6 nitrogen and oxygen atoms in total. The fourth-order valence-electron chi connectivity index (χ4n) is 4.83. The summed E-state index contributed by atoms with van der Waals surface area (Å²) in [5, 5.41) is 13.2. The van der Waals surface area contributed by atoms with E-state index in [1.807, 2.05) is 19.1 Å². The van der Waals surface area contributed by atoms with Gasteiger partial charge in [0.2, 0.25) is 0 Å². The van der Waals surface area contributed by atoms with Gasteiger partial charge in [-0.2, -0.15) is 0 Å². The highest BCUT2D eigenvalue weighted by molar-refractivity contribution is 5.98. The monoisotopic (exact) mass is 539 g/mol. The molecule has 40 heavy (non-hydrogen) atoms. The lowest BCUT2D eigenvalue weighted by atomic mass is 9.99. The first-order valence-corrected chi connectivity index (χ1v) is 13.1. The van der Waals surface area contributed by atoms with E-state index in [0.717, 1.165) is 10.9 Å². The van der Waals surface area contributed by atoms with Crippen LogP contribution in [-0.4, -0.2) is 27.0 Å². The van der Waals surface area contributed by atoms with E-state index in [9.17, 15) is 18.4 Å². The maximum absolute atomic E-state index is 14.3. The quantitative estimate of drug-likeness (QED) is 0.197. The Kier molecular flexibility index (Phi) is 7.77. The number of hydrogen-bond acceptors (Lipinski definition) is 4. The van der Waals surface area contributed by atoms with Crippen LogP contribution in [0.1, 0.15) is 53.8 Å². The van der Waals surface area contributed by atoms with Crippen molar-refractivity contribution in [2.45, 2.75) is 38.6 Å². The summed E-state index contributed by atoms with van der Waals surface area (Å²) in [6.45, 7) is 1.85. The van der Waals surface area contributed by atoms with Crippen LogP contribution < -0.4 is 5.32 Å². The Hall–Kier alpha value is -4.72. The van der Waals surface area contributed by atoms with E-state index >= 15 is 0 Å². The Morgan fingerprint density at radius 2 is 1.62 bits per heavy atom. The number of benzene rings is 4. The molecule has 4 aromatic carbocycles. The van der Waals surface area contributed by atoms with Gasteiger partial charge in [0.05, 0.1) is 28.5 Å². The SMILES string of the molecule is CC(NC(=O)c1ccc2nc(-c3ccc(F)cc3)c(CCCCC(=O)O)nc2c1)c1ccc(F)c2ccccc12. The minimum Gasteiger partial charge on any atom is -0.481 e. The summed E-state index contributed by atoms with van der Waals surface area (Å²) < 4.78 is 27.8. The van der Waals surface area contributed by atoms with Gasteiger partial charge in [0.1, 0.15) is 11.6 Å². The summed E-state index contributed by atoms with van der Waals surface area (Å²) in [6, 6.07) is 20.9. The van der Waals surface area contributed by atoms with Gasteiger partial charge >= 0.3 is 5.97 Å². The smallest absolute Gasteiger partial charge is 0.303 e. The molecule has 0 spiro atoms. The lowest BCUT2D eigenvalue weighted by Crippen LogP contribution is -2.26. The van der Waals surface area contributed by atoms with Crippen LogP contribution in [0.4, 0.5) is 8.78 Å². The van der Waals surface area contributed by atoms with Crippen LogP contribution in [-0.2, 0) is 11.2 Å². The predicted octanol–water partition coefficient (Wildman–Crippen LogP) is 7.02. The van der Waals surface area contributed by atoms with Gasteiger partial charge in [0, 0.05) is 22.9 Å². The number of aromatic nitrogens is 2. The molecule has 1 amide bonds. The molecular weight excluding hydrogens is 512 g/mol. The molecule has 2 N–H and O–H groups in total.